The van der Waals surface area contributed by atoms with Crippen LogP contribution in [0.15, 0.2) is 11.6 Å². The predicted octanol–water partition coefficient (Wildman–Crippen LogP) is 2.96. The molecule has 2 bridgehead atoms. The molecule has 0 saturated heterocycles. The third kappa shape index (κ3) is 1.34. The fourth-order valence-electron chi connectivity index (χ4n) is 3.15. The monoisotopic (exact) mass is 178 g/mol. The van der Waals surface area contributed by atoms with Crippen LogP contribution in [0, 0.1) is 17.8 Å². The number of carbonyl (C=O) groups is 1. The number of hydrogen-bond acceptors (Lipinski definition) is 1. The molecule has 0 spiro atoms. The molecule has 0 aromatic heterocycles. The summed E-state index contributed by atoms with van der Waals surface area (Å²) in [6, 6.07) is 0. The van der Waals surface area contributed by atoms with Crippen LogP contribution >= 0.6 is 0 Å². The summed E-state index contributed by atoms with van der Waals surface area (Å²) in [7, 11) is 0. The summed E-state index contributed by atoms with van der Waals surface area (Å²) < 4.78 is 0. The van der Waals surface area contributed by atoms with Crippen molar-refractivity contribution in [1.29, 1.82) is 0 Å². The van der Waals surface area contributed by atoms with E-state index in [0.29, 0.717) is 17.6 Å². The molecule has 2 rings (SSSR count). The first-order valence-corrected chi connectivity index (χ1v) is 5.44. The number of rotatable bonds is 2. The van der Waals surface area contributed by atoms with Gasteiger partial charge in [0, 0.05) is 12.3 Å². The maximum Gasteiger partial charge on any atom is 0.136 e. The van der Waals surface area contributed by atoms with Gasteiger partial charge in [0.05, 0.1) is 0 Å². The van der Waals surface area contributed by atoms with Gasteiger partial charge in [0.25, 0.3) is 0 Å². The first-order chi connectivity index (χ1) is 6.26. The maximum absolute atomic E-state index is 11.6. The summed E-state index contributed by atoms with van der Waals surface area (Å²) in [5, 5.41) is 0. The van der Waals surface area contributed by atoms with Crippen molar-refractivity contribution in [3.05, 3.63) is 11.6 Å². The Hall–Kier alpha value is -0.590. The molecule has 1 unspecified atom stereocenters. The number of ketones is 1. The van der Waals surface area contributed by atoms with Gasteiger partial charge in [0.1, 0.15) is 5.78 Å². The number of Topliss-reactive ketones (excluding diaryl/α,β-unsaturated/α-hetero) is 1. The lowest BCUT2D eigenvalue weighted by molar-refractivity contribution is -0.123. The Morgan fingerprint density at radius 1 is 1.54 bits per heavy atom. The molecular weight excluding hydrogens is 160 g/mol. The van der Waals surface area contributed by atoms with E-state index < -0.39 is 0 Å². The van der Waals surface area contributed by atoms with Crippen molar-refractivity contribution in [1.82, 2.24) is 0 Å². The third-order valence-electron chi connectivity index (χ3n) is 3.79. The summed E-state index contributed by atoms with van der Waals surface area (Å²) in [5.41, 5.74) is 1.56. The summed E-state index contributed by atoms with van der Waals surface area (Å²) in [5.74, 6) is 2.33. The number of allylic oxidation sites excluding steroid dienone is 2. The van der Waals surface area contributed by atoms with Crippen molar-refractivity contribution in [2.75, 3.05) is 0 Å². The van der Waals surface area contributed by atoms with E-state index in [2.05, 4.69) is 13.0 Å². The Labute approximate surface area is 80.2 Å². The Kier molecular flexibility index (Phi) is 2.27. The summed E-state index contributed by atoms with van der Waals surface area (Å²) >= 11 is 0. The molecule has 1 nitrogen and oxygen atoms in total. The summed E-state index contributed by atoms with van der Waals surface area (Å²) in [6.07, 6.45) is 6.70. The van der Waals surface area contributed by atoms with E-state index >= 15 is 0 Å². The highest BCUT2D eigenvalue weighted by Gasteiger charge is 2.44. The lowest BCUT2D eigenvalue weighted by Gasteiger charge is -2.22. The first kappa shape index (κ1) is 8.98. The van der Waals surface area contributed by atoms with Gasteiger partial charge in [-0.25, -0.2) is 0 Å². The third-order valence-corrected chi connectivity index (χ3v) is 3.79. The summed E-state index contributed by atoms with van der Waals surface area (Å²) in [4.78, 5) is 11.6. The SMILES string of the molecule is CC=C1C[C@H]2CC(C(=O)CC)[C@@H]1C2. The minimum atomic E-state index is 0.384. The Bertz CT molecular complexity index is 252. The van der Waals surface area contributed by atoms with E-state index in [4.69, 9.17) is 0 Å². The standard InChI is InChI=1S/C12H18O/c1-3-9-5-8-6-10(9)11(7-8)12(13)4-2/h3,8,10-11H,4-7H2,1-2H3/t8-,10-,11?/m1/s1. The highest BCUT2D eigenvalue weighted by Crippen LogP contribution is 2.51. The lowest BCUT2D eigenvalue weighted by atomic mass is 9.81. The smallest absolute Gasteiger partial charge is 0.136 e. The molecule has 72 valence electrons. The van der Waals surface area contributed by atoms with Crippen molar-refractivity contribution >= 4 is 5.78 Å². The fraction of sp³-hybridized carbons (Fsp3) is 0.750. The second-order valence-electron chi connectivity index (χ2n) is 4.44. The van der Waals surface area contributed by atoms with E-state index in [0.717, 1.165) is 12.3 Å². The van der Waals surface area contributed by atoms with Gasteiger partial charge < -0.3 is 0 Å². The van der Waals surface area contributed by atoms with Gasteiger partial charge in [0.2, 0.25) is 0 Å². The molecule has 0 aliphatic heterocycles. The molecule has 2 aliphatic rings. The van der Waals surface area contributed by atoms with Crippen LogP contribution in [0.2, 0.25) is 0 Å². The lowest BCUT2D eigenvalue weighted by Crippen LogP contribution is -2.21. The zero-order valence-electron chi connectivity index (χ0n) is 8.55. The highest BCUT2D eigenvalue weighted by molar-refractivity contribution is 5.82. The van der Waals surface area contributed by atoms with E-state index in [-0.39, 0.29) is 0 Å². The normalized spacial score (nSPS) is 40.2. The van der Waals surface area contributed by atoms with Crippen molar-refractivity contribution in [3.63, 3.8) is 0 Å². The van der Waals surface area contributed by atoms with Gasteiger partial charge in [-0.05, 0) is 38.0 Å². The van der Waals surface area contributed by atoms with Crippen LogP contribution in [0.3, 0.4) is 0 Å². The van der Waals surface area contributed by atoms with Crippen LogP contribution in [0.1, 0.15) is 39.5 Å². The Morgan fingerprint density at radius 2 is 2.31 bits per heavy atom. The zero-order chi connectivity index (χ0) is 9.42. The van der Waals surface area contributed by atoms with Gasteiger partial charge in [0.15, 0.2) is 0 Å². The zero-order valence-corrected chi connectivity index (χ0v) is 8.55. The molecule has 3 atom stereocenters. The topological polar surface area (TPSA) is 17.1 Å². The fourth-order valence-corrected chi connectivity index (χ4v) is 3.15. The number of carbonyl (C=O) groups excluding carboxylic acids is 1. The molecule has 0 N–H and O–H groups in total. The Balaban J connectivity index is 2.14. The molecule has 0 aromatic carbocycles. The molecule has 0 amide bonds. The van der Waals surface area contributed by atoms with Crippen LogP contribution in [0.5, 0.6) is 0 Å². The van der Waals surface area contributed by atoms with Crippen molar-refractivity contribution in [3.8, 4) is 0 Å². The van der Waals surface area contributed by atoms with E-state index in [1.54, 1.807) is 5.57 Å². The van der Waals surface area contributed by atoms with Crippen LogP contribution in [0.4, 0.5) is 0 Å². The maximum atomic E-state index is 11.6. The molecule has 2 saturated carbocycles. The molecular formula is C12H18O. The average molecular weight is 178 g/mol. The molecule has 1 heteroatoms. The summed E-state index contributed by atoms with van der Waals surface area (Å²) in [6.45, 7) is 4.10. The number of fused-ring (bicyclic) bond motifs is 2. The van der Waals surface area contributed by atoms with Crippen LogP contribution < -0.4 is 0 Å². The van der Waals surface area contributed by atoms with Crippen molar-refractivity contribution in [2.24, 2.45) is 17.8 Å². The van der Waals surface area contributed by atoms with Crippen LogP contribution in [-0.4, -0.2) is 5.78 Å². The molecule has 2 fully saturated rings. The molecule has 0 radical (unpaired) electrons. The largest absolute Gasteiger partial charge is 0.299 e. The second-order valence-corrected chi connectivity index (χ2v) is 4.44. The van der Waals surface area contributed by atoms with Gasteiger partial charge in [-0.1, -0.05) is 18.6 Å². The van der Waals surface area contributed by atoms with E-state index in [9.17, 15) is 4.79 Å². The molecule has 0 aromatic rings. The first-order valence-electron chi connectivity index (χ1n) is 5.44. The number of hydrogen-bond donors (Lipinski definition) is 0. The minimum absolute atomic E-state index is 0.384. The average Bonchev–Trinajstić information content (AvgIpc) is 2.74. The van der Waals surface area contributed by atoms with Gasteiger partial charge in [-0.2, -0.15) is 0 Å². The Morgan fingerprint density at radius 3 is 2.85 bits per heavy atom. The minimum Gasteiger partial charge on any atom is -0.299 e. The second kappa shape index (κ2) is 3.28. The van der Waals surface area contributed by atoms with Gasteiger partial charge in [-0.3, -0.25) is 4.79 Å². The molecule has 2 aliphatic carbocycles. The van der Waals surface area contributed by atoms with E-state index in [1.165, 1.54) is 19.3 Å². The van der Waals surface area contributed by atoms with Crippen molar-refractivity contribution in [2.45, 2.75) is 39.5 Å². The van der Waals surface area contributed by atoms with E-state index in [1.807, 2.05) is 6.92 Å². The molecule has 13 heavy (non-hydrogen) atoms. The highest BCUT2D eigenvalue weighted by atomic mass is 16.1. The molecule has 0 heterocycles. The van der Waals surface area contributed by atoms with Crippen molar-refractivity contribution < 1.29 is 4.79 Å². The van der Waals surface area contributed by atoms with Crippen LogP contribution in [0.25, 0.3) is 0 Å². The quantitative estimate of drug-likeness (QED) is 0.594. The van der Waals surface area contributed by atoms with Crippen LogP contribution in [-0.2, 0) is 4.79 Å². The van der Waals surface area contributed by atoms with Gasteiger partial charge >= 0.3 is 0 Å². The predicted molar refractivity (Wildman–Crippen MR) is 53.4 cm³/mol. The van der Waals surface area contributed by atoms with Gasteiger partial charge in [-0.15, -0.1) is 0 Å².